The zero-order chi connectivity index (χ0) is 26.6. The lowest BCUT2D eigenvalue weighted by molar-refractivity contribution is -0.277. The van der Waals surface area contributed by atoms with Crippen LogP contribution in [0.25, 0.3) is 0 Å². The van der Waals surface area contributed by atoms with Crippen molar-refractivity contribution in [1.29, 1.82) is 0 Å². The minimum Gasteiger partial charge on any atom is -0.508 e. The number of aliphatic hydroxyl groups excluding tert-OH is 4. The first-order chi connectivity index (χ1) is 17.0. The Morgan fingerprint density at radius 3 is 2.39 bits per heavy atom. The number of carbonyl (C=O) groups excluding carboxylic acids is 2. The first-order valence-corrected chi connectivity index (χ1v) is 11.9. The summed E-state index contributed by atoms with van der Waals surface area (Å²) >= 11 is 3.01. The number of hydrogen-bond donors (Lipinski definition) is 8. The van der Waals surface area contributed by atoms with Crippen molar-refractivity contribution in [3.8, 4) is 23.0 Å². The molecule has 0 aliphatic carbocycles. The summed E-state index contributed by atoms with van der Waals surface area (Å²) in [7, 11) is 0. The van der Waals surface area contributed by atoms with Gasteiger partial charge in [-0.05, 0) is 24.1 Å². The molecule has 0 aromatic heterocycles. The predicted octanol–water partition coefficient (Wildman–Crippen LogP) is 0.131. The van der Waals surface area contributed by atoms with Gasteiger partial charge in [-0.15, -0.1) is 0 Å². The van der Waals surface area contributed by atoms with Gasteiger partial charge < -0.3 is 50.5 Å². The molecule has 2 aromatic carbocycles. The molecule has 0 saturated carbocycles. The highest BCUT2D eigenvalue weighted by Crippen LogP contribution is 2.36. The fourth-order valence-electron chi connectivity index (χ4n) is 3.65. The maximum absolute atomic E-state index is 13.0. The van der Waals surface area contributed by atoms with E-state index in [4.69, 9.17) is 9.47 Å². The number of alkyl halides is 1. The van der Waals surface area contributed by atoms with Gasteiger partial charge in [0.25, 0.3) is 0 Å². The summed E-state index contributed by atoms with van der Waals surface area (Å²) in [5.74, 6) is -2.61. The Morgan fingerprint density at radius 2 is 1.72 bits per heavy atom. The number of aliphatic hydroxyl groups is 4. The number of anilines is 1. The van der Waals surface area contributed by atoms with Crippen molar-refractivity contribution in [1.82, 2.24) is 0 Å². The van der Waals surface area contributed by atoms with Crippen molar-refractivity contribution >= 4 is 33.3 Å². The summed E-state index contributed by atoms with van der Waals surface area (Å²) in [6, 6.07) is 6.32. The molecule has 36 heavy (non-hydrogen) atoms. The van der Waals surface area contributed by atoms with E-state index in [9.17, 15) is 45.3 Å². The molecule has 13 heteroatoms. The fourth-order valence-corrected chi connectivity index (χ4v) is 3.80. The number of halogens is 1. The summed E-state index contributed by atoms with van der Waals surface area (Å²) in [4.78, 5) is 24.6. The van der Waals surface area contributed by atoms with Gasteiger partial charge in [-0.3, -0.25) is 9.59 Å². The Labute approximate surface area is 213 Å². The molecule has 3 rings (SSSR count). The van der Waals surface area contributed by atoms with E-state index in [1.54, 1.807) is 6.07 Å². The maximum atomic E-state index is 13.0. The van der Waals surface area contributed by atoms with Crippen LogP contribution in [-0.4, -0.2) is 90.1 Å². The average Bonchev–Trinajstić information content (AvgIpc) is 2.84. The largest absolute Gasteiger partial charge is 0.508 e. The van der Waals surface area contributed by atoms with E-state index >= 15 is 0 Å². The molecule has 196 valence electrons. The second kappa shape index (κ2) is 11.9. The van der Waals surface area contributed by atoms with Crippen LogP contribution < -0.4 is 10.1 Å². The number of phenolic OH excluding ortho intramolecular Hbond substituents is 3. The normalized spacial score (nSPS) is 23.8. The van der Waals surface area contributed by atoms with Crippen molar-refractivity contribution in [2.24, 2.45) is 0 Å². The number of amides is 1. The highest BCUT2D eigenvalue weighted by Gasteiger charge is 2.45. The van der Waals surface area contributed by atoms with E-state index in [0.717, 1.165) is 12.1 Å². The molecular weight excluding hydrogens is 546 g/mol. The third-order valence-electron chi connectivity index (χ3n) is 5.53. The Morgan fingerprint density at radius 1 is 1.00 bits per heavy atom. The third-order valence-corrected chi connectivity index (χ3v) is 6.04. The van der Waals surface area contributed by atoms with Crippen LogP contribution in [0.15, 0.2) is 30.3 Å². The minimum atomic E-state index is -1.78. The standard InChI is InChI=1S/C23H26BrNO11/c24-8-18(31)25-12-5-10(1-3-13(12)28)2-4-14(29)19-15(30)6-11(27)7-16(19)35-23-22(34)21(33)20(32)17(9-26)36-23/h1,3,5-7,17,20-23,26-28,30,32-34H,2,4,8-9H2,(H,25,31)/t17-,20-,21+,22-,23-/m1/s1. The van der Waals surface area contributed by atoms with Gasteiger partial charge in [-0.1, -0.05) is 22.0 Å². The number of Topliss-reactive ketones (excluding diaryl/α,β-unsaturated/α-hetero) is 1. The molecule has 8 N–H and O–H groups in total. The molecule has 1 fully saturated rings. The first-order valence-electron chi connectivity index (χ1n) is 10.8. The van der Waals surface area contributed by atoms with E-state index < -0.39 is 54.6 Å². The van der Waals surface area contributed by atoms with E-state index in [1.807, 2.05) is 0 Å². The number of carbonyl (C=O) groups is 2. The molecule has 5 atom stereocenters. The molecule has 12 nitrogen and oxygen atoms in total. The molecule has 1 amide bonds. The van der Waals surface area contributed by atoms with Crippen LogP contribution in [0.2, 0.25) is 0 Å². The predicted molar refractivity (Wildman–Crippen MR) is 127 cm³/mol. The first kappa shape index (κ1) is 27.6. The SMILES string of the molecule is O=C(CBr)Nc1cc(CCC(=O)c2c(O)cc(O)cc2O[C@@H]2O[C@H](CO)[C@@H](O)[C@H](O)[C@H]2O)ccc1O. The second-order valence-electron chi connectivity index (χ2n) is 8.11. The number of aromatic hydroxyl groups is 3. The van der Waals surface area contributed by atoms with Crippen LogP contribution in [0.4, 0.5) is 5.69 Å². The number of aryl methyl sites for hydroxylation is 1. The van der Waals surface area contributed by atoms with Gasteiger partial charge in [0.1, 0.15) is 53.0 Å². The Hall–Kier alpha value is -2.94. The fraction of sp³-hybridized carbons (Fsp3) is 0.391. The lowest BCUT2D eigenvalue weighted by Gasteiger charge is -2.39. The zero-order valence-electron chi connectivity index (χ0n) is 18.7. The van der Waals surface area contributed by atoms with Crippen LogP contribution in [0.5, 0.6) is 23.0 Å². The zero-order valence-corrected chi connectivity index (χ0v) is 20.3. The van der Waals surface area contributed by atoms with Gasteiger partial charge in [-0.2, -0.15) is 0 Å². The molecule has 1 heterocycles. The highest BCUT2D eigenvalue weighted by molar-refractivity contribution is 9.09. The van der Waals surface area contributed by atoms with E-state index in [1.165, 1.54) is 12.1 Å². The van der Waals surface area contributed by atoms with Crippen LogP contribution >= 0.6 is 15.9 Å². The molecule has 1 aliphatic heterocycles. The monoisotopic (exact) mass is 571 g/mol. The number of nitrogens with one attached hydrogen (secondary N) is 1. The number of hydrogen-bond acceptors (Lipinski definition) is 11. The molecule has 0 unspecified atom stereocenters. The molecule has 0 spiro atoms. The van der Waals surface area contributed by atoms with Crippen LogP contribution in [-0.2, 0) is 16.0 Å². The summed E-state index contributed by atoms with van der Waals surface area (Å²) < 4.78 is 10.8. The van der Waals surface area contributed by atoms with Crippen molar-refractivity contribution < 1.29 is 54.8 Å². The highest BCUT2D eigenvalue weighted by atomic mass is 79.9. The second-order valence-corrected chi connectivity index (χ2v) is 8.67. The van der Waals surface area contributed by atoms with Gasteiger partial charge in [-0.25, -0.2) is 0 Å². The Kier molecular flexibility index (Phi) is 9.11. The summed E-state index contributed by atoms with van der Waals surface area (Å²) in [5, 5.41) is 72.2. The van der Waals surface area contributed by atoms with Crippen molar-refractivity contribution in [2.75, 3.05) is 17.3 Å². The molecule has 2 aromatic rings. The van der Waals surface area contributed by atoms with Crippen molar-refractivity contribution in [2.45, 2.75) is 43.5 Å². The van der Waals surface area contributed by atoms with Gasteiger partial charge in [0.15, 0.2) is 5.78 Å². The topological polar surface area (TPSA) is 206 Å². The summed E-state index contributed by atoms with van der Waals surface area (Å²) in [6.45, 7) is -0.702. The van der Waals surface area contributed by atoms with E-state index in [-0.39, 0.29) is 46.8 Å². The number of ketones is 1. The van der Waals surface area contributed by atoms with Crippen LogP contribution in [0, 0.1) is 0 Å². The van der Waals surface area contributed by atoms with Crippen LogP contribution in [0.1, 0.15) is 22.3 Å². The van der Waals surface area contributed by atoms with Gasteiger partial charge in [0.05, 0.1) is 17.6 Å². The minimum absolute atomic E-state index is 0.0203. The number of rotatable bonds is 9. The van der Waals surface area contributed by atoms with Gasteiger partial charge in [0, 0.05) is 18.6 Å². The average molecular weight is 572 g/mol. The summed E-state index contributed by atoms with van der Waals surface area (Å²) in [6.07, 6.45) is -8.09. The Balaban J connectivity index is 1.80. The molecular formula is C23H26BrNO11. The van der Waals surface area contributed by atoms with Crippen LogP contribution in [0.3, 0.4) is 0 Å². The third kappa shape index (κ3) is 6.24. The molecule has 0 radical (unpaired) electrons. The number of ether oxygens (including phenoxy) is 2. The van der Waals surface area contributed by atoms with Crippen molar-refractivity contribution in [3.05, 3.63) is 41.5 Å². The lowest BCUT2D eigenvalue weighted by Crippen LogP contribution is -2.60. The molecule has 0 bridgehead atoms. The lowest BCUT2D eigenvalue weighted by atomic mass is 9.98. The van der Waals surface area contributed by atoms with E-state index in [0.29, 0.717) is 5.56 Å². The number of phenols is 3. The van der Waals surface area contributed by atoms with E-state index in [2.05, 4.69) is 21.2 Å². The number of benzene rings is 2. The summed E-state index contributed by atoms with van der Waals surface area (Å²) in [5.41, 5.74) is 0.403. The molecule has 1 aliphatic rings. The van der Waals surface area contributed by atoms with Gasteiger partial charge in [0.2, 0.25) is 12.2 Å². The smallest absolute Gasteiger partial charge is 0.235 e. The Bertz CT molecular complexity index is 1110. The quantitative estimate of drug-likeness (QED) is 0.115. The van der Waals surface area contributed by atoms with Crippen molar-refractivity contribution in [3.63, 3.8) is 0 Å². The maximum Gasteiger partial charge on any atom is 0.235 e. The molecule has 1 saturated heterocycles. The van der Waals surface area contributed by atoms with Gasteiger partial charge >= 0.3 is 0 Å².